The highest BCUT2D eigenvalue weighted by atomic mass is 32.1. The van der Waals surface area contributed by atoms with Gasteiger partial charge in [-0.05, 0) is 52.9 Å². The van der Waals surface area contributed by atoms with E-state index in [4.69, 9.17) is 4.74 Å². The third-order valence-corrected chi connectivity index (χ3v) is 7.06. The number of carbonyl (C=O) groups excluding carboxylic acids is 1. The Labute approximate surface area is 173 Å². The first-order valence-corrected chi connectivity index (χ1v) is 11.2. The molecule has 0 unspecified atom stereocenters. The van der Waals surface area contributed by atoms with Crippen LogP contribution in [-0.2, 0) is 17.6 Å². The fourth-order valence-corrected chi connectivity index (χ4v) is 5.59. The lowest BCUT2D eigenvalue weighted by Crippen LogP contribution is -2.42. The number of amides is 1. The van der Waals surface area contributed by atoms with E-state index in [1.165, 1.54) is 15.3 Å². The summed E-state index contributed by atoms with van der Waals surface area (Å²) in [6.45, 7) is 1.94. The fourth-order valence-electron chi connectivity index (χ4n) is 3.81. The zero-order chi connectivity index (χ0) is 19.3. The highest BCUT2D eigenvalue weighted by molar-refractivity contribution is 7.10. The van der Waals surface area contributed by atoms with Crippen LogP contribution in [0.3, 0.4) is 0 Å². The summed E-state index contributed by atoms with van der Waals surface area (Å²) in [4.78, 5) is 17.7. The van der Waals surface area contributed by atoms with Crippen molar-refractivity contribution in [3.63, 3.8) is 0 Å². The second-order valence-corrected chi connectivity index (χ2v) is 8.83. The minimum Gasteiger partial charge on any atom is -0.496 e. The summed E-state index contributed by atoms with van der Waals surface area (Å²) >= 11 is 3.59. The monoisotopic (exact) mass is 412 g/mol. The lowest BCUT2D eigenvalue weighted by atomic mass is 9.98. The zero-order valence-corrected chi connectivity index (χ0v) is 17.5. The first kappa shape index (κ1) is 19.2. The third kappa shape index (κ3) is 4.14. The van der Waals surface area contributed by atoms with E-state index < -0.39 is 0 Å². The Morgan fingerprint density at radius 2 is 2.07 bits per heavy atom. The van der Waals surface area contributed by atoms with Crippen molar-refractivity contribution in [3.8, 4) is 5.75 Å². The number of carbonyl (C=O) groups is 1. The maximum atomic E-state index is 12.6. The van der Waals surface area contributed by atoms with E-state index in [9.17, 15) is 4.79 Å². The smallest absolute Gasteiger partial charge is 0.234 e. The van der Waals surface area contributed by atoms with Crippen molar-refractivity contribution in [2.45, 2.75) is 18.9 Å². The molecule has 0 spiro atoms. The molecule has 0 fully saturated rings. The Bertz CT molecular complexity index is 920. The van der Waals surface area contributed by atoms with Gasteiger partial charge in [-0.25, -0.2) is 0 Å². The van der Waals surface area contributed by atoms with Crippen LogP contribution in [-0.4, -0.2) is 37.6 Å². The number of thiophene rings is 2. The number of fused-ring (bicyclic) bond motifs is 1. The molecule has 6 heteroatoms. The number of nitrogens with one attached hydrogen (secondary N) is 1. The average molecular weight is 413 g/mol. The van der Waals surface area contributed by atoms with Crippen LogP contribution in [0.2, 0.25) is 0 Å². The molecule has 0 radical (unpaired) electrons. The van der Waals surface area contributed by atoms with Crippen molar-refractivity contribution in [3.05, 3.63) is 74.1 Å². The van der Waals surface area contributed by atoms with Gasteiger partial charge in [0.15, 0.2) is 0 Å². The average Bonchev–Trinajstić information content (AvgIpc) is 3.40. The molecule has 4 nitrogen and oxygen atoms in total. The Morgan fingerprint density at radius 1 is 1.18 bits per heavy atom. The molecule has 28 heavy (non-hydrogen) atoms. The molecule has 146 valence electrons. The van der Waals surface area contributed by atoms with Gasteiger partial charge in [-0.15, -0.1) is 22.7 Å². The predicted octanol–water partition coefficient (Wildman–Crippen LogP) is 4.12. The number of hydrogen-bond acceptors (Lipinski definition) is 5. The topological polar surface area (TPSA) is 41.6 Å². The minimum atomic E-state index is 0.0788. The van der Waals surface area contributed by atoms with E-state index in [2.05, 4.69) is 39.2 Å². The number of ether oxygens (including phenoxy) is 1. The van der Waals surface area contributed by atoms with Gasteiger partial charge in [-0.3, -0.25) is 9.69 Å². The molecule has 0 saturated heterocycles. The fraction of sp³-hybridized carbons (Fsp3) is 0.318. The Balaban J connectivity index is 1.38. The molecule has 0 bridgehead atoms. The predicted molar refractivity (Wildman–Crippen MR) is 115 cm³/mol. The van der Waals surface area contributed by atoms with Crippen LogP contribution in [0.15, 0.2) is 53.2 Å². The van der Waals surface area contributed by atoms with Crippen molar-refractivity contribution < 1.29 is 9.53 Å². The number of benzene rings is 1. The van der Waals surface area contributed by atoms with Crippen LogP contribution < -0.4 is 10.1 Å². The van der Waals surface area contributed by atoms with E-state index in [1.807, 2.05) is 35.6 Å². The Morgan fingerprint density at radius 3 is 2.89 bits per heavy atom. The lowest BCUT2D eigenvalue weighted by molar-refractivity contribution is -0.122. The van der Waals surface area contributed by atoms with Gasteiger partial charge >= 0.3 is 0 Å². The number of nitrogens with zero attached hydrogens (tertiary/aromatic N) is 1. The minimum absolute atomic E-state index is 0.0788. The van der Waals surface area contributed by atoms with Gasteiger partial charge in [0.05, 0.1) is 19.7 Å². The highest BCUT2D eigenvalue weighted by Crippen LogP contribution is 2.39. The van der Waals surface area contributed by atoms with Gasteiger partial charge in [0.1, 0.15) is 5.75 Å². The molecule has 1 atom stereocenters. The van der Waals surface area contributed by atoms with Gasteiger partial charge in [0.25, 0.3) is 0 Å². The molecule has 1 aromatic carbocycles. The summed E-state index contributed by atoms with van der Waals surface area (Å²) in [5.74, 6) is 0.950. The highest BCUT2D eigenvalue weighted by Gasteiger charge is 2.31. The van der Waals surface area contributed by atoms with Crippen LogP contribution in [0.4, 0.5) is 0 Å². The van der Waals surface area contributed by atoms with Crippen molar-refractivity contribution in [2.75, 3.05) is 26.7 Å². The number of methoxy groups -OCH3 is 1. The SMILES string of the molecule is COc1ccccc1CCNC(=O)CN1CCc2sccc2[C@H]1c1cccs1. The molecule has 1 N–H and O–H groups in total. The molecule has 2 aromatic heterocycles. The molecule has 1 aliphatic heterocycles. The lowest BCUT2D eigenvalue weighted by Gasteiger charge is -2.34. The molecule has 3 aromatic rings. The van der Waals surface area contributed by atoms with E-state index in [-0.39, 0.29) is 11.9 Å². The summed E-state index contributed by atoms with van der Waals surface area (Å²) in [6.07, 6.45) is 1.78. The standard InChI is InChI=1S/C22H24N2O2S2/c1-26-18-6-3-2-5-16(18)8-11-23-21(25)15-24-12-9-19-17(10-14-28-19)22(24)20-7-4-13-27-20/h2-7,10,13-14,22H,8-9,11-12,15H2,1H3,(H,23,25)/t22-/m0/s1. The van der Waals surface area contributed by atoms with Gasteiger partial charge in [-0.1, -0.05) is 24.3 Å². The van der Waals surface area contributed by atoms with Crippen molar-refractivity contribution in [1.82, 2.24) is 10.2 Å². The number of para-hydroxylation sites is 1. The van der Waals surface area contributed by atoms with Crippen LogP contribution in [0.5, 0.6) is 5.75 Å². The molecular formula is C22H24N2O2S2. The molecular weight excluding hydrogens is 388 g/mol. The van der Waals surface area contributed by atoms with Crippen LogP contribution in [0, 0.1) is 0 Å². The van der Waals surface area contributed by atoms with Crippen LogP contribution in [0.1, 0.15) is 26.9 Å². The van der Waals surface area contributed by atoms with Crippen molar-refractivity contribution in [2.24, 2.45) is 0 Å². The summed E-state index contributed by atoms with van der Waals surface area (Å²) in [7, 11) is 1.68. The maximum Gasteiger partial charge on any atom is 0.234 e. The largest absolute Gasteiger partial charge is 0.496 e. The normalized spacial score (nSPS) is 16.5. The van der Waals surface area contributed by atoms with E-state index >= 15 is 0 Å². The zero-order valence-electron chi connectivity index (χ0n) is 15.9. The van der Waals surface area contributed by atoms with Gasteiger partial charge in [0, 0.05) is 22.8 Å². The van der Waals surface area contributed by atoms with Crippen LogP contribution in [0.25, 0.3) is 0 Å². The summed E-state index contributed by atoms with van der Waals surface area (Å²) in [5, 5.41) is 7.36. The molecule has 3 heterocycles. The third-order valence-electron chi connectivity index (χ3n) is 5.13. The maximum absolute atomic E-state index is 12.6. The first-order valence-electron chi connectivity index (χ1n) is 9.48. The van der Waals surface area contributed by atoms with E-state index in [0.717, 1.165) is 30.7 Å². The second kappa shape index (κ2) is 8.90. The molecule has 1 aliphatic rings. The van der Waals surface area contributed by atoms with Gasteiger partial charge in [0.2, 0.25) is 5.91 Å². The number of rotatable bonds is 7. The van der Waals surface area contributed by atoms with E-state index in [1.54, 1.807) is 18.4 Å². The Kier molecular flexibility index (Phi) is 6.10. The van der Waals surface area contributed by atoms with Crippen molar-refractivity contribution in [1.29, 1.82) is 0 Å². The van der Waals surface area contributed by atoms with Gasteiger partial charge in [-0.2, -0.15) is 0 Å². The second-order valence-electron chi connectivity index (χ2n) is 6.85. The Hall–Kier alpha value is -2.15. The first-order chi connectivity index (χ1) is 13.8. The van der Waals surface area contributed by atoms with Gasteiger partial charge < -0.3 is 10.1 Å². The summed E-state index contributed by atoms with van der Waals surface area (Å²) in [5.41, 5.74) is 2.48. The summed E-state index contributed by atoms with van der Waals surface area (Å²) in [6, 6.07) is 14.6. The van der Waals surface area contributed by atoms with Crippen molar-refractivity contribution >= 4 is 28.6 Å². The number of hydrogen-bond donors (Lipinski definition) is 1. The molecule has 1 amide bonds. The van der Waals surface area contributed by atoms with Crippen LogP contribution >= 0.6 is 22.7 Å². The quantitative estimate of drug-likeness (QED) is 0.635. The molecule has 0 aliphatic carbocycles. The molecule has 0 saturated carbocycles. The summed E-state index contributed by atoms with van der Waals surface area (Å²) < 4.78 is 5.39. The molecule has 4 rings (SSSR count). The van der Waals surface area contributed by atoms with E-state index in [0.29, 0.717) is 13.1 Å².